The normalized spacial score (nSPS) is 14.4. The van der Waals surface area contributed by atoms with Crippen LogP contribution in [0.25, 0.3) is 31.3 Å². The Bertz CT molecular complexity index is 2030. The molecule has 0 N–H and O–H groups in total. The summed E-state index contributed by atoms with van der Waals surface area (Å²) >= 11 is 6.93. The number of halogens is 1. The summed E-state index contributed by atoms with van der Waals surface area (Å²) in [5, 5.41) is 6.69. The lowest BCUT2D eigenvalue weighted by Gasteiger charge is -2.32. The second-order valence-corrected chi connectivity index (χ2v) is 14.6. The molecule has 6 nitrogen and oxygen atoms in total. The van der Waals surface area contributed by atoms with E-state index in [4.69, 9.17) is 18.8 Å². The summed E-state index contributed by atoms with van der Waals surface area (Å²) in [6, 6.07) is 31.3. The molecule has 0 spiro atoms. The maximum Gasteiger partial charge on any atom is 0.495 e. The highest BCUT2D eigenvalue weighted by molar-refractivity contribution is 9.10. The Morgan fingerprint density at radius 2 is 1.10 bits per heavy atom. The van der Waals surface area contributed by atoms with Crippen molar-refractivity contribution < 1.29 is 28.4 Å². The van der Waals surface area contributed by atoms with Gasteiger partial charge < -0.3 is 18.8 Å². The number of benzene rings is 4. The fourth-order valence-electron chi connectivity index (χ4n) is 5.11. The molecule has 48 heavy (non-hydrogen) atoms. The van der Waals surface area contributed by atoms with E-state index in [1.165, 1.54) is 38.9 Å². The first kappa shape index (κ1) is 35.5. The van der Waals surface area contributed by atoms with E-state index < -0.39 is 18.3 Å². The van der Waals surface area contributed by atoms with Gasteiger partial charge in [0.25, 0.3) is 0 Å². The molecule has 2 aromatic heterocycles. The van der Waals surface area contributed by atoms with Gasteiger partial charge in [0.15, 0.2) is 0 Å². The highest BCUT2D eigenvalue weighted by Gasteiger charge is 2.52. The SMILES string of the molecule is Brc1csc2ccccc12.COC(=O)c1ccccc1-c1csc2ccccc12.COC(=O)c1ccccc1B1OC(C)(C)C(C)(C)O1. The lowest BCUT2D eigenvalue weighted by molar-refractivity contribution is 0.00578. The number of esters is 2. The molecule has 7 rings (SSSR count). The molecule has 1 saturated heterocycles. The molecule has 1 fully saturated rings. The summed E-state index contributed by atoms with van der Waals surface area (Å²) in [4.78, 5) is 23.6. The van der Waals surface area contributed by atoms with Crippen LogP contribution in [0.2, 0.25) is 0 Å². The van der Waals surface area contributed by atoms with E-state index in [1.807, 2.05) is 70.2 Å². The van der Waals surface area contributed by atoms with Crippen LogP contribution in [0.15, 0.2) is 112 Å². The molecule has 0 saturated carbocycles. The number of ether oxygens (including phenoxy) is 2. The van der Waals surface area contributed by atoms with Gasteiger partial charge in [-0.3, -0.25) is 0 Å². The van der Waals surface area contributed by atoms with Crippen molar-refractivity contribution in [3.63, 3.8) is 0 Å². The van der Waals surface area contributed by atoms with Crippen LogP contribution < -0.4 is 5.46 Å². The minimum Gasteiger partial charge on any atom is -0.465 e. The third-order valence-corrected chi connectivity index (χ3v) is 11.3. The van der Waals surface area contributed by atoms with E-state index in [0.717, 1.165) is 11.1 Å². The van der Waals surface area contributed by atoms with Crippen molar-refractivity contribution in [2.75, 3.05) is 14.2 Å². The highest BCUT2D eigenvalue weighted by Crippen LogP contribution is 2.37. The van der Waals surface area contributed by atoms with Crippen LogP contribution in [0.5, 0.6) is 0 Å². The first-order chi connectivity index (χ1) is 23.0. The minimum absolute atomic E-state index is 0.300. The maximum atomic E-state index is 11.8. The molecule has 10 heteroatoms. The zero-order valence-corrected chi connectivity index (χ0v) is 30.8. The lowest BCUT2D eigenvalue weighted by Crippen LogP contribution is -2.41. The lowest BCUT2D eigenvalue weighted by atomic mass is 9.76. The third-order valence-electron chi connectivity index (χ3n) is 8.41. The highest BCUT2D eigenvalue weighted by atomic mass is 79.9. The zero-order valence-electron chi connectivity index (χ0n) is 27.6. The van der Waals surface area contributed by atoms with Gasteiger partial charge in [0.1, 0.15) is 0 Å². The van der Waals surface area contributed by atoms with Crippen molar-refractivity contribution in [1.82, 2.24) is 0 Å². The van der Waals surface area contributed by atoms with Gasteiger partial charge in [-0.25, -0.2) is 9.59 Å². The second-order valence-electron chi connectivity index (χ2n) is 11.9. The van der Waals surface area contributed by atoms with Crippen molar-refractivity contribution in [1.29, 1.82) is 0 Å². The number of hydrogen-bond acceptors (Lipinski definition) is 8. The average molecular weight is 744 g/mol. The molecule has 1 aliphatic rings. The molecular formula is C38H36BBrO6S2. The van der Waals surface area contributed by atoms with E-state index in [-0.39, 0.29) is 11.9 Å². The molecule has 0 amide bonds. The summed E-state index contributed by atoms with van der Waals surface area (Å²) in [5.41, 5.74) is 2.93. The quantitative estimate of drug-likeness (QED) is 0.132. The van der Waals surface area contributed by atoms with Gasteiger partial charge in [0.05, 0.1) is 36.5 Å². The number of fused-ring (bicyclic) bond motifs is 2. The Morgan fingerprint density at radius 1 is 0.625 bits per heavy atom. The molecule has 0 bridgehead atoms. The molecule has 0 atom stereocenters. The average Bonchev–Trinajstić information content (AvgIpc) is 3.77. The van der Waals surface area contributed by atoms with Gasteiger partial charge in [0, 0.05) is 35.6 Å². The van der Waals surface area contributed by atoms with Gasteiger partial charge in [-0.05, 0) is 84.3 Å². The largest absolute Gasteiger partial charge is 0.495 e. The van der Waals surface area contributed by atoms with Crippen LogP contribution in [0, 0.1) is 0 Å². The summed E-state index contributed by atoms with van der Waals surface area (Å²) in [5.74, 6) is -0.684. The minimum atomic E-state index is -0.555. The van der Waals surface area contributed by atoms with Crippen molar-refractivity contribution in [2.45, 2.75) is 38.9 Å². The fourth-order valence-corrected chi connectivity index (χ4v) is 7.64. The van der Waals surface area contributed by atoms with Crippen LogP contribution in [-0.4, -0.2) is 44.5 Å². The van der Waals surface area contributed by atoms with Crippen molar-refractivity contribution >= 4 is 83.3 Å². The number of carbonyl (C=O) groups is 2. The van der Waals surface area contributed by atoms with Crippen LogP contribution in [0.3, 0.4) is 0 Å². The van der Waals surface area contributed by atoms with Crippen LogP contribution in [0.1, 0.15) is 48.4 Å². The summed E-state index contributed by atoms with van der Waals surface area (Å²) in [6.07, 6.45) is 0. The van der Waals surface area contributed by atoms with Crippen molar-refractivity contribution in [2.24, 2.45) is 0 Å². The van der Waals surface area contributed by atoms with E-state index >= 15 is 0 Å². The smallest absolute Gasteiger partial charge is 0.465 e. The topological polar surface area (TPSA) is 71.1 Å². The van der Waals surface area contributed by atoms with E-state index in [2.05, 4.69) is 63.1 Å². The maximum absolute atomic E-state index is 11.8. The van der Waals surface area contributed by atoms with Crippen molar-refractivity contribution in [3.8, 4) is 11.1 Å². The Kier molecular flexibility index (Phi) is 11.2. The molecule has 0 unspecified atom stereocenters. The molecule has 0 aliphatic carbocycles. The van der Waals surface area contributed by atoms with E-state index in [1.54, 1.807) is 40.9 Å². The molecule has 0 radical (unpaired) electrons. The Hall–Kier alpha value is -3.80. The molecule has 6 aromatic rings. The van der Waals surface area contributed by atoms with Crippen LogP contribution >= 0.6 is 38.6 Å². The Balaban J connectivity index is 0.000000148. The summed E-state index contributed by atoms with van der Waals surface area (Å²) in [6.45, 7) is 7.92. The first-order valence-electron chi connectivity index (χ1n) is 15.3. The zero-order chi connectivity index (χ0) is 34.5. The number of methoxy groups -OCH3 is 2. The summed E-state index contributed by atoms with van der Waals surface area (Å²) < 4.78 is 25.3. The predicted octanol–water partition coefficient (Wildman–Crippen LogP) is 9.79. The van der Waals surface area contributed by atoms with Crippen molar-refractivity contribution in [3.05, 3.63) is 123 Å². The molecular weight excluding hydrogens is 707 g/mol. The third kappa shape index (κ3) is 7.58. The number of hydrogen-bond donors (Lipinski definition) is 0. The van der Waals surface area contributed by atoms with E-state index in [9.17, 15) is 9.59 Å². The van der Waals surface area contributed by atoms with Gasteiger partial charge in [-0.1, -0.05) is 72.8 Å². The van der Waals surface area contributed by atoms with Gasteiger partial charge in [-0.15, -0.1) is 22.7 Å². The van der Waals surface area contributed by atoms with Crippen LogP contribution in [0.4, 0.5) is 0 Å². The second kappa shape index (κ2) is 15.2. The predicted molar refractivity (Wildman–Crippen MR) is 202 cm³/mol. The Morgan fingerprint density at radius 3 is 1.73 bits per heavy atom. The van der Waals surface area contributed by atoms with E-state index in [0.29, 0.717) is 16.6 Å². The first-order valence-corrected chi connectivity index (χ1v) is 17.8. The number of carbonyl (C=O) groups excluding carboxylic acids is 2. The van der Waals surface area contributed by atoms with Gasteiger partial charge in [-0.2, -0.15) is 0 Å². The van der Waals surface area contributed by atoms with Crippen LogP contribution in [-0.2, 0) is 18.8 Å². The molecule has 3 heterocycles. The number of thiophene rings is 2. The monoisotopic (exact) mass is 742 g/mol. The molecule has 1 aliphatic heterocycles. The summed E-state index contributed by atoms with van der Waals surface area (Å²) in [7, 11) is 2.22. The van der Waals surface area contributed by atoms with Gasteiger partial charge >= 0.3 is 19.1 Å². The standard InChI is InChI=1S/C16H12O2S.C14H19BO4.C8H5BrS/c1-18-16(17)13-8-3-2-6-11(13)14-10-19-15-9-5-4-7-12(14)15;1-13(2)14(3,4)19-15(18-13)11-9-7-6-8-10(11)12(16)17-5;9-7-5-10-8-4-2-1-3-6(7)8/h2-10H,1H3;6-9H,1-5H3;1-5H. The van der Waals surface area contributed by atoms with Gasteiger partial charge in [0.2, 0.25) is 0 Å². The Labute approximate surface area is 297 Å². The number of rotatable bonds is 4. The molecule has 4 aromatic carbocycles. The molecule has 246 valence electrons. The fraction of sp³-hybridized carbons (Fsp3) is 0.211.